The smallest absolute Gasteiger partial charge is 0.166 e. The number of hydrogen-bond donors (Lipinski definition) is 2. The Morgan fingerprint density at radius 2 is 0.905 bits per heavy atom. The fourth-order valence-electron chi connectivity index (χ4n) is 2.45. The van der Waals surface area contributed by atoms with Crippen molar-refractivity contribution in [1.82, 2.24) is 10.6 Å². The number of rotatable bonds is 15. The predicted molar refractivity (Wildman–Crippen MR) is 100.0 cm³/mol. The highest BCUT2D eigenvalue weighted by molar-refractivity contribution is 7.80. The SMILES string of the molecule is CCCCCCCCCNC(=S)NCCCCCCCC. The molecule has 0 spiro atoms. The molecule has 0 atom stereocenters. The highest BCUT2D eigenvalue weighted by atomic mass is 32.1. The Kier molecular flexibility index (Phi) is 17.5. The van der Waals surface area contributed by atoms with E-state index in [0.29, 0.717) is 0 Å². The summed E-state index contributed by atoms with van der Waals surface area (Å²) in [6.45, 7) is 6.57. The van der Waals surface area contributed by atoms with Crippen molar-refractivity contribution >= 4 is 17.3 Å². The average Bonchev–Trinajstić information content (AvgIpc) is 2.49. The molecule has 0 bridgehead atoms. The third-order valence-electron chi connectivity index (χ3n) is 3.88. The molecule has 0 aromatic rings. The van der Waals surface area contributed by atoms with Crippen molar-refractivity contribution in [3.63, 3.8) is 0 Å². The maximum Gasteiger partial charge on any atom is 0.166 e. The molecular formula is C18H38N2S. The summed E-state index contributed by atoms with van der Waals surface area (Å²) in [6.07, 6.45) is 17.5. The van der Waals surface area contributed by atoms with E-state index in [9.17, 15) is 0 Å². The van der Waals surface area contributed by atoms with Crippen LogP contribution in [0.2, 0.25) is 0 Å². The van der Waals surface area contributed by atoms with Gasteiger partial charge in [0.2, 0.25) is 0 Å². The predicted octanol–water partition coefficient (Wildman–Crippen LogP) is 5.56. The van der Waals surface area contributed by atoms with Crippen LogP contribution >= 0.6 is 12.2 Å². The molecule has 2 nitrogen and oxygen atoms in total. The third kappa shape index (κ3) is 17.6. The van der Waals surface area contributed by atoms with Crippen LogP contribution in [0.4, 0.5) is 0 Å². The Balaban J connectivity index is 3.13. The van der Waals surface area contributed by atoms with E-state index in [1.807, 2.05) is 0 Å². The van der Waals surface area contributed by atoms with Crippen molar-refractivity contribution < 1.29 is 0 Å². The van der Waals surface area contributed by atoms with E-state index in [4.69, 9.17) is 12.2 Å². The van der Waals surface area contributed by atoms with E-state index in [0.717, 1.165) is 18.2 Å². The second-order valence-corrected chi connectivity index (χ2v) is 6.48. The second kappa shape index (κ2) is 17.7. The lowest BCUT2D eigenvalue weighted by atomic mass is 10.1. The molecule has 126 valence electrons. The summed E-state index contributed by atoms with van der Waals surface area (Å²) >= 11 is 5.29. The Hall–Kier alpha value is -0.310. The molecule has 0 saturated heterocycles. The van der Waals surface area contributed by atoms with E-state index in [2.05, 4.69) is 24.5 Å². The maximum absolute atomic E-state index is 5.29. The van der Waals surface area contributed by atoms with Gasteiger partial charge in [0.15, 0.2) is 5.11 Å². The van der Waals surface area contributed by atoms with Crippen LogP contribution in [0.1, 0.15) is 97.3 Å². The fraction of sp³-hybridized carbons (Fsp3) is 0.944. The zero-order chi connectivity index (χ0) is 15.6. The number of thiocarbonyl (C=S) groups is 1. The quantitative estimate of drug-likeness (QED) is 0.305. The monoisotopic (exact) mass is 314 g/mol. The fourth-order valence-corrected chi connectivity index (χ4v) is 2.66. The molecule has 0 aliphatic carbocycles. The number of hydrogen-bond acceptors (Lipinski definition) is 1. The molecule has 0 radical (unpaired) electrons. The van der Waals surface area contributed by atoms with Gasteiger partial charge in [0, 0.05) is 13.1 Å². The minimum atomic E-state index is 0.842. The van der Waals surface area contributed by atoms with Crippen LogP contribution in [0.5, 0.6) is 0 Å². The summed E-state index contributed by atoms with van der Waals surface area (Å²) in [4.78, 5) is 0. The van der Waals surface area contributed by atoms with Crippen molar-refractivity contribution in [1.29, 1.82) is 0 Å². The molecule has 0 rings (SSSR count). The number of unbranched alkanes of at least 4 members (excludes halogenated alkanes) is 11. The molecule has 0 unspecified atom stereocenters. The third-order valence-corrected chi connectivity index (χ3v) is 4.17. The zero-order valence-electron chi connectivity index (χ0n) is 14.5. The maximum atomic E-state index is 5.29. The lowest BCUT2D eigenvalue weighted by Crippen LogP contribution is -2.36. The molecule has 0 amide bonds. The summed E-state index contributed by atoms with van der Waals surface area (Å²) in [5.74, 6) is 0. The molecule has 0 aromatic carbocycles. The topological polar surface area (TPSA) is 24.1 Å². The van der Waals surface area contributed by atoms with E-state index < -0.39 is 0 Å². The van der Waals surface area contributed by atoms with Crippen LogP contribution in [0.15, 0.2) is 0 Å². The second-order valence-electron chi connectivity index (χ2n) is 6.07. The summed E-state index contributed by atoms with van der Waals surface area (Å²) < 4.78 is 0. The minimum Gasteiger partial charge on any atom is -0.363 e. The van der Waals surface area contributed by atoms with Gasteiger partial charge in [-0.15, -0.1) is 0 Å². The minimum absolute atomic E-state index is 0.842. The van der Waals surface area contributed by atoms with Crippen LogP contribution in [-0.4, -0.2) is 18.2 Å². The first-order valence-electron chi connectivity index (χ1n) is 9.33. The molecule has 0 aliphatic rings. The lowest BCUT2D eigenvalue weighted by Gasteiger charge is -2.10. The van der Waals surface area contributed by atoms with Crippen LogP contribution < -0.4 is 10.6 Å². The van der Waals surface area contributed by atoms with E-state index in [1.54, 1.807) is 0 Å². The Labute approximate surface area is 138 Å². The van der Waals surface area contributed by atoms with Crippen LogP contribution in [-0.2, 0) is 0 Å². The van der Waals surface area contributed by atoms with Gasteiger partial charge in [-0.25, -0.2) is 0 Å². The van der Waals surface area contributed by atoms with E-state index >= 15 is 0 Å². The van der Waals surface area contributed by atoms with Crippen molar-refractivity contribution in [2.75, 3.05) is 13.1 Å². The van der Waals surface area contributed by atoms with Crippen molar-refractivity contribution in [2.24, 2.45) is 0 Å². The molecule has 3 heteroatoms. The van der Waals surface area contributed by atoms with Gasteiger partial charge in [0.25, 0.3) is 0 Å². The first kappa shape index (κ1) is 20.7. The van der Waals surface area contributed by atoms with Gasteiger partial charge >= 0.3 is 0 Å². The van der Waals surface area contributed by atoms with Crippen molar-refractivity contribution in [2.45, 2.75) is 97.3 Å². The van der Waals surface area contributed by atoms with Gasteiger partial charge in [-0.3, -0.25) is 0 Å². The lowest BCUT2D eigenvalue weighted by molar-refractivity contribution is 0.582. The molecule has 0 saturated carbocycles. The Morgan fingerprint density at radius 1 is 0.571 bits per heavy atom. The zero-order valence-corrected chi connectivity index (χ0v) is 15.3. The first-order chi connectivity index (χ1) is 10.3. The van der Waals surface area contributed by atoms with Gasteiger partial charge in [0.1, 0.15) is 0 Å². The normalized spacial score (nSPS) is 10.6. The summed E-state index contributed by atoms with van der Waals surface area (Å²) in [5.41, 5.74) is 0. The van der Waals surface area contributed by atoms with Gasteiger partial charge < -0.3 is 10.6 Å². The van der Waals surface area contributed by atoms with Crippen LogP contribution in [0, 0.1) is 0 Å². The molecule has 0 heterocycles. The van der Waals surface area contributed by atoms with Gasteiger partial charge in [-0.1, -0.05) is 84.5 Å². The summed E-state index contributed by atoms with van der Waals surface area (Å²) in [7, 11) is 0. The van der Waals surface area contributed by atoms with E-state index in [-0.39, 0.29) is 0 Å². The molecule has 0 aromatic heterocycles. The summed E-state index contributed by atoms with van der Waals surface area (Å²) in [6, 6.07) is 0. The van der Waals surface area contributed by atoms with Crippen molar-refractivity contribution in [3.05, 3.63) is 0 Å². The Bertz CT molecular complexity index is 219. The van der Waals surface area contributed by atoms with E-state index in [1.165, 1.54) is 83.5 Å². The van der Waals surface area contributed by atoms with Gasteiger partial charge in [-0.05, 0) is 25.1 Å². The van der Waals surface area contributed by atoms with Gasteiger partial charge in [-0.2, -0.15) is 0 Å². The summed E-state index contributed by atoms with van der Waals surface area (Å²) in [5, 5.41) is 7.47. The standard InChI is InChI=1S/C18H38N2S/c1-3-5-7-9-11-13-15-17-20-18(21)19-16-14-12-10-8-6-4-2/h3-17H2,1-2H3,(H2,19,20,21). The highest BCUT2D eigenvalue weighted by Crippen LogP contribution is 2.06. The van der Waals surface area contributed by atoms with Gasteiger partial charge in [0.05, 0.1) is 0 Å². The molecule has 0 aliphatic heterocycles. The number of nitrogens with one attached hydrogen (secondary N) is 2. The first-order valence-corrected chi connectivity index (χ1v) is 9.73. The largest absolute Gasteiger partial charge is 0.363 e. The molecule has 0 fully saturated rings. The molecule has 21 heavy (non-hydrogen) atoms. The van der Waals surface area contributed by atoms with Crippen LogP contribution in [0.25, 0.3) is 0 Å². The van der Waals surface area contributed by atoms with Crippen LogP contribution in [0.3, 0.4) is 0 Å². The Morgan fingerprint density at radius 3 is 1.29 bits per heavy atom. The molecule has 2 N–H and O–H groups in total. The average molecular weight is 315 g/mol. The van der Waals surface area contributed by atoms with Crippen molar-refractivity contribution in [3.8, 4) is 0 Å². The highest BCUT2D eigenvalue weighted by Gasteiger charge is 1.95. The molecular weight excluding hydrogens is 276 g/mol.